The first-order chi connectivity index (χ1) is 8.66. The van der Waals surface area contributed by atoms with Crippen molar-refractivity contribution in [2.75, 3.05) is 19.8 Å². The van der Waals surface area contributed by atoms with Gasteiger partial charge in [-0.05, 0) is 53.1 Å². The molecule has 0 aliphatic carbocycles. The second-order valence-electron chi connectivity index (χ2n) is 4.82. The molecule has 2 N–H and O–H groups in total. The van der Waals surface area contributed by atoms with E-state index in [0.29, 0.717) is 26.2 Å². The molecule has 1 saturated heterocycles. The SMILES string of the molecule is NCC1(C(=O)Cc2ccc(I)cc2)CCOCC1. The number of hydrogen-bond donors (Lipinski definition) is 1. The monoisotopic (exact) mass is 359 g/mol. The van der Waals surface area contributed by atoms with E-state index >= 15 is 0 Å². The predicted octanol–water partition coefficient (Wildman–Crippen LogP) is 2.16. The van der Waals surface area contributed by atoms with Gasteiger partial charge in [0.15, 0.2) is 0 Å². The van der Waals surface area contributed by atoms with E-state index in [0.717, 1.165) is 18.4 Å². The zero-order valence-corrected chi connectivity index (χ0v) is 12.5. The summed E-state index contributed by atoms with van der Waals surface area (Å²) in [5.74, 6) is 0.259. The lowest BCUT2D eigenvalue weighted by molar-refractivity contribution is -0.132. The van der Waals surface area contributed by atoms with Crippen molar-refractivity contribution < 1.29 is 9.53 Å². The molecule has 18 heavy (non-hydrogen) atoms. The van der Waals surface area contributed by atoms with Crippen molar-refractivity contribution in [3.8, 4) is 0 Å². The van der Waals surface area contributed by atoms with Crippen molar-refractivity contribution in [2.24, 2.45) is 11.1 Å². The summed E-state index contributed by atoms with van der Waals surface area (Å²) in [7, 11) is 0. The van der Waals surface area contributed by atoms with Crippen molar-refractivity contribution >= 4 is 28.4 Å². The third-order valence-corrected chi connectivity index (χ3v) is 4.43. The van der Waals surface area contributed by atoms with Gasteiger partial charge in [-0.2, -0.15) is 0 Å². The number of Topliss-reactive ketones (excluding diaryl/α,β-unsaturated/α-hetero) is 1. The highest BCUT2D eigenvalue weighted by atomic mass is 127. The molecule has 0 amide bonds. The predicted molar refractivity (Wildman–Crippen MR) is 79.4 cm³/mol. The first-order valence-electron chi connectivity index (χ1n) is 6.22. The van der Waals surface area contributed by atoms with E-state index in [4.69, 9.17) is 10.5 Å². The van der Waals surface area contributed by atoms with Crippen LogP contribution in [0.15, 0.2) is 24.3 Å². The molecule has 0 radical (unpaired) electrons. The van der Waals surface area contributed by atoms with Gasteiger partial charge >= 0.3 is 0 Å². The Morgan fingerprint density at radius 2 is 1.89 bits per heavy atom. The summed E-state index contributed by atoms with van der Waals surface area (Å²) in [6.45, 7) is 1.73. The Bertz CT molecular complexity index is 410. The Hall–Kier alpha value is -0.460. The second kappa shape index (κ2) is 6.12. The van der Waals surface area contributed by atoms with Gasteiger partial charge in [0.25, 0.3) is 0 Å². The standard InChI is InChI=1S/C14H18INO2/c15-12-3-1-11(2-4-12)9-13(17)14(10-16)5-7-18-8-6-14/h1-4H,5-10,16H2. The van der Waals surface area contributed by atoms with Crippen LogP contribution in [-0.2, 0) is 16.0 Å². The highest BCUT2D eigenvalue weighted by Crippen LogP contribution is 2.31. The van der Waals surface area contributed by atoms with Crippen molar-refractivity contribution in [3.05, 3.63) is 33.4 Å². The molecule has 0 saturated carbocycles. The Balaban J connectivity index is 2.07. The van der Waals surface area contributed by atoms with E-state index in [-0.39, 0.29) is 11.2 Å². The third-order valence-electron chi connectivity index (χ3n) is 3.71. The number of benzene rings is 1. The maximum atomic E-state index is 12.5. The van der Waals surface area contributed by atoms with Crippen molar-refractivity contribution in [1.82, 2.24) is 0 Å². The van der Waals surface area contributed by atoms with Crippen molar-refractivity contribution in [3.63, 3.8) is 0 Å². The smallest absolute Gasteiger partial charge is 0.144 e. The number of halogens is 1. The molecule has 1 heterocycles. The average Bonchev–Trinajstić information content (AvgIpc) is 2.42. The van der Waals surface area contributed by atoms with E-state index < -0.39 is 0 Å². The number of ketones is 1. The Morgan fingerprint density at radius 3 is 2.44 bits per heavy atom. The molecule has 3 nitrogen and oxygen atoms in total. The summed E-state index contributed by atoms with van der Waals surface area (Å²) in [6.07, 6.45) is 1.99. The van der Waals surface area contributed by atoms with Crippen LogP contribution in [0.1, 0.15) is 18.4 Å². The van der Waals surface area contributed by atoms with Crippen LogP contribution in [0.25, 0.3) is 0 Å². The van der Waals surface area contributed by atoms with Crippen LogP contribution in [0, 0.1) is 8.99 Å². The van der Waals surface area contributed by atoms with Gasteiger partial charge in [-0.15, -0.1) is 0 Å². The molecule has 0 atom stereocenters. The number of carbonyl (C=O) groups excluding carboxylic acids is 1. The van der Waals surface area contributed by atoms with Crippen LogP contribution in [0.2, 0.25) is 0 Å². The normalized spacial score (nSPS) is 18.6. The fraction of sp³-hybridized carbons (Fsp3) is 0.500. The van der Waals surface area contributed by atoms with Crippen LogP contribution >= 0.6 is 22.6 Å². The van der Waals surface area contributed by atoms with E-state index in [9.17, 15) is 4.79 Å². The number of carbonyl (C=O) groups is 1. The average molecular weight is 359 g/mol. The molecule has 0 bridgehead atoms. The van der Waals surface area contributed by atoms with Gasteiger partial charge in [0.1, 0.15) is 5.78 Å². The third kappa shape index (κ3) is 3.10. The highest BCUT2D eigenvalue weighted by Gasteiger charge is 2.37. The summed E-state index contributed by atoms with van der Waals surface area (Å²) >= 11 is 2.26. The lowest BCUT2D eigenvalue weighted by Crippen LogP contribution is -2.44. The number of rotatable bonds is 4. The van der Waals surface area contributed by atoms with Gasteiger partial charge in [0.05, 0.1) is 0 Å². The minimum absolute atomic E-state index is 0.259. The van der Waals surface area contributed by atoms with Gasteiger partial charge < -0.3 is 10.5 Å². The molecule has 0 aromatic heterocycles. The molecule has 2 rings (SSSR count). The molecule has 1 aromatic carbocycles. The van der Waals surface area contributed by atoms with Gasteiger partial charge in [-0.25, -0.2) is 0 Å². The molecular weight excluding hydrogens is 341 g/mol. The van der Waals surface area contributed by atoms with Gasteiger partial charge in [0.2, 0.25) is 0 Å². The van der Waals surface area contributed by atoms with Crippen LogP contribution in [0.3, 0.4) is 0 Å². The fourth-order valence-electron chi connectivity index (χ4n) is 2.33. The molecule has 1 fully saturated rings. The zero-order valence-electron chi connectivity index (χ0n) is 10.3. The molecule has 98 valence electrons. The van der Waals surface area contributed by atoms with Crippen LogP contribution in [0.5, 0.6) is 0 Å². The molecule has 0 spiro atoms. The molecule has 4 heteroatoms. The first-order valence-corrected chi connectivity index (χ1v) is 7.30. The molecule has 1 aliphatic heterocycles. The fourth-order valence-corrected chi connectivity index (χ4v) is 2.69. The molecular formula is C14H18INO2. The number of ether oxygens (including phenoxy) is 1. The quantitative estimate of drug-likeness (QED) is 0.839. The summed E-state index contributed by atoms with van der Waals surface area (Å²) in [5, 5.41) is 0. The van der Waals surface area contributed by atoms with Crippen molar-refractivity contribution in [1.29, 1.82) is 0 Å². The molecule has 1 aliphatic rings. The van der Waals surface area contributed by atoms with Gasteiger partial charge in [0, 0.05) is 35.2 Å². The lowest BCUT2D eigenvalue weighted by atomic mass is 9.74. The van der Waals surface area contributed by atoms with Crippen LogP contribution in [-0.4, -0.2) is 25.5 Å². The number of hydrogen-bond acceptors (Lipinski definition) is 3. The summed E-state index contributed by atoms with van der Waals surface area (Å²) in [5.41, 5.74) is 6.55. The summed E-state index contributed by atoms with van der Waals surface area (Å²) < 4.78 is 6.52. The minimum Gasteiger partial charge on any atom is -0.381 e. The Morgan fingerprint density at radius 1 is 1.28 bits per heavy atom. The maximum Gasteiger partial charge on any atom is 0.144 e. The second-order valence-corrected chi connectivity index (χ2v) is 6.07. The summed E-state index contributed by atoms with van der Waals surface area (Å²) in [6, 6.07) is 8.09. The van der Waals surface area contributed by atoms with E-state index in [1.807, 2.05) is 24.3 Å². The molecule has 1 aromatic rings. The maximum absolute atomic E-state index is 12.5. The van der Waals surface area contributed by atoms with Gasteiger partial charge in [-0.3, -0.25) is 4.79 Å². The number of nitrogens with two attached hydrogens (primary N) is 1. The van der Waals surface area contributed by atoms with E-state index in [2.05, 4.69) is 22.6 Å². The lowest BCUT2D eigenvalue weighted by Gasteiger charge is -2.34. The summed E-state index contributed by atoms with van der Waals surface area (Å²) in [4.78, 5) is 12.5. The largest absolute Gasteiger partial charge is 0.381 e. The zero-order chi connectivity index (χ0) is 13.0. The van der Waals surface area contributed by atoms with Crippen LogP contribution in [0.4, 0.5) is 0 Å². The molecule has 0 unspecified atom stereocenters. The highest BCUT2D eigenvalue weighted by molar-refractivity contribution is 14.1. The van der Waals surface area contributed by atoms with Crippen LogP contribution < -0.4 is 5.73 Å². The first kappa shape index (κ1) is 14.0. The van der Waals surface area contributed by atoms with Crippen molar-refractivity contribution in [2.45, 2.75) is 19.3 Å². The van der Waals surface area contributed by atoms with Gasteiger partial charge in [-0.1, -0.05) is 12.1 Å². The topological polar surface area (TPSA) is 52.3 Å². The minimum atomic E-state index is -0.360. The van der Waals surface area contributed by atoms with E-state index in [1.54, 1.807) is 0 Å². The van der Waals surface area contributed by atoms with E-state index in [1.165, 1.54) is 3.57 Å². The Kier molecular flexibility index (Phi) is 4.75. The Labute approximate surface area is 121 Å².